The molecule has 3 atom stereocenters. The van der Waals surface area contributed by atoms with Crippen LogP contribution in [-0.4, -0.2) is 45.4 Å². The van der Waals surface area contributed by atoms with E-state index in [1.807, 2.05) is 18.2 Å². The Bertz CT molecular complexity index is 773. The van der Waals surface area contributed by atoms with Crippen molar-refractivity contribution in [2.45, 2.75) is 64.0 Å². The van der Waals surface area contributed by atoms with Gasteiger partial charge in [0.05, 0.1) is 21.8 Å². The fourth-order valence-corrected chi connectivity index (χ4v) is 4.06. The molecule has 1 fully saturated rings. The van der Waals surface area contributed by atoms with Crippen LogP contribution in [-0.2, 0) is 4.74 Å². The highest BCUT2D eigenvalue weighted by atomic mass is 32.1. The van der Waals surface area contributed by atoms with Crippen molar-refractivity contribution in [3.63, 3.8) is 0 Å². The van der Waals surface area contributed by atoms with Gasteiger partial charge in [-0.25, -0.2) is 14.2 Å². The fraction of sp³-hybridized carbons (Fsp3) is 0.579. The largest absolute Gasteiger partial charge is 0.444 e. The number of hydrogen-bond acceptors (Lipinski definition) is 5. The van der Waals surface area contributed by atoms with Crippen LogP contribution in [0.1, 0.15) is 51.7 Å². The Balaban J connectivity index is 1.78. The zero-order valence-electron chi connectivity index (χ0n) is 15.3. The average molecular weight is 380 g/mol. The molecule has 0 spiro atoms. The molecular weight excluding hydrogens is 355 g/mol. The molecular formula is C19H25FN2O3S. The second-order valence-corrected chi connectivity index (χ2v) is 8.63. The molecule has 5 nitrogen and oxygen atoms in total. The quantitative estimate of drug-likeness (QED) is 0.854. The monoisotopic (exact) mass is 380 g/mol. The van der Waals surface area contributed by atoms with Crippen molar-refractivity contribution in [2.75, 3.05) is 6.54 Å². The van der Waals surface area contributed by atoms with Gasteiger partial charge in [-0.15, -0.1) is 11.3 Å². The van der Waals surface area contributed by atoms with Crippen molar-refractivity contribution in [1.29, 1.82) is 0 Å². The number of carbonyl (C=O) groups is 1. The van der Waals surface area contributed by atoms with Gasteiger partial charge < -0.3 is 14.7 Å². The first-order valence-electron chi connectivity index (χ1n) is 8.88. The lowest BCUT2D eigenvalue weighted by Gasteiger charge is -2.38. The van der Waals surface area contributed by atoms with E-state index in [2.05, 4.69) is 4.98 Å². The number of carbonyl (C=O) groups excluding carboxylic acids is 1. The number of alkyl halides is 1. The highest BCUT2D eigenvalue weighted by molar-refractivity contribution is 7.16. The van der Waals surface area contributed by atoms with Gasteiger partial charge in [-0.2, -0.15) is 0 Å². The van der Waals surface area contributed by atoms with Crippen molar-refractivity contribution in [1.82, 2.24) is 9.88 Å². The maximum atomic E-state index is 14.0. The summed E-state index contributed by atoms with van der Waals surface area (Å²) in [5, 5.41) is 10.8. The van der Waals surface area contributed by atoms with Gasteiger partial charge in [0.15, 0.2) is 0 Å². The molecule has 142 valence electrons. The zero-order chi connectivity index (χ0) is 18.9. The molecule has 0 radical (unpaired) electrons. The van der Waals surface area contributed by atoms with Crippen LogP contribution in [0.2, 0.25) is 0 Å². The summed E-state index contributed by atoms with van der Waals surface area (Å²) in [4.78, 5) is 18.4. The first kappa shape index (κ1) is 19.0. The number of hydrogen-bond donors (Lipinski definition) is 1. The standard InChI is InChI=1S/C19H25FN2O3S/c1-19(2,3)25-18(24)22-8-7-12(20)9-13(22)10-15(23)14-5-4-6-16-17(14)21-11-26-16/h4-6,11-13,15,23H,7-10H2,1-3H3/t12-,13-,15-/m0/s1. The van der Waals surface area contributed by atoms with Crippen LogP contribution in [0, 0.1) is 0 Å². The first-order chi connectivity index (χ1) is 12.2. The number of amides is 1. The van der Waals surface area contributed by atoms with Crippen molar-refractivity contribution in [3.8, 4) is 0 Å². The number of halogens is 1. The number of fused-ring (bicyclic) bond motifs is 1. The number of para-hydroxylation sites is 1. The third kappa shape index (κ3) is 4.32. The van der Waals surface area contributed by atoms with Crippen LogP contribution in [0.4, 0.5) is 9.18 Å². The Hall–Kier alpha value is -1.73. The highest BCUT2D eigenvalue weighted by Gasteiger charge is 2.35. The van der Waals surface area contributed by atoms with E-state index in [1.54, 1.807) is 31.2 Å². The highest BCUT2D eigenvalue weighted by Crippen LogP contribution is 2.32. The maximum Gasteiger partial charge on any atom is 0.410 e. The number of rotatable bonds is 3. The molecule has 1 saturated heterocycles. The predicted molar refractivity (Wildman–Crippen MR) is 100 cm³/mol. The molecule has 0 saturated carbocycles. The van der Waals surface area contributed by atoms with E-state index in [4.69, 9.17) is 4.74 Å². The van der Waals surface area contributed by atoms with Gasteiger partial charge in [0.2, 0.25) is 0 Å². The number of aliphatic hydroxyl groups is 1. The second kappa shape index (κ2) is 7.48. The number of aliphatic hydroxyl groups excluding tert-OH is 1. The fourth-order valence-electron chi connectivity index (χ4n) is 3.35. The van der Waals surface area contributed by atoms with Gasteiger partial charge in [0.25, 0.3) is 0 Å². The molecule has 3 rings (SSSR count). The zero-order valence-corrected chi connectivity index (χ0v) is 16.1. The van der Waals surface area contributed by atoms with Crippen molar-refractivity contribution < 1.29 is 19.0 Å². The Morgan fingerprint density at radius 3 is 3.00 bits per heavy atom. The lowest BCUT2D eigenvalue weighted by atomic mass is 9.93. The molecule has 7 heteroatoms. The molecule has 0 unspecified atom stereocenters. The van der Waals surface area contributed by atoms with Gasteiger partial charge >= 0.3 is 6.09 Å². The van der Waals surface area contributed by atoms with Crippen LogP contribution in [0.25, 0.3) is 10.2 Å². The van der Waals surface area contributed by atoms with Crippen LogP contribution in [0.15, 0.2) is 23.7 Å². The van der Waals surface area contributed by atoms with Crippen molar-refractivity contribution in [2.24, 2.45) is 0 Å². The third-order valence-corrected chi connectivity index (χ3v) is 5.32. The third-order valence-electron chi connectivity index (χ3n) is 4.53. The number of benzene rings is 1. The van der Waals surface area contributed by atoms with Crippen LogP contribution in [0.5, 0.6) is 0 Å². The van der Waals surface area contributed by atoms with E-state index in [0.29, 0.717) is 18.5 Å². The molecule has 2 heterocycles. The molecule has 1 N–H and O–H groups in total. The van der Waals surface area contributed by atoms with E-state index >= 15 is 0 Å². The Morgan fingerprint density at radius 1 is 1.50 bits per heavy atom. The normalized spacial score (nSPS) is 22.4. The lowest BCUT2D eigenvalue weighted by molar-refractivity contribution is -0.00657. The molecule has 0 aliphatic carbocycles. The number of ether oxygens (including phenoxy) is 1. The number of piperidine rings is 1. The second-order valence-electron chi connectivity index (χ2n) is 7.75. The molecule has 1 aliphatic heterocycles. The van der Waals surface area contributed by atoms with Crippen LogP contribution in [0.3, 0.4) is 0 Å². The Morgan fingerprint density at radius 2 is 2.27 bits per heavy atom. The molecule has 1 amide bonds. The number of nitrogens with zero attached hydrogens (tertiary/aromatic N) is 2. The Kier molecular flexibility index (Phi) is 5.48. The molecule has 1 aromatic heterocycles. The van der Waals surface area contributed by atoms with E-state index in [-0.39, 0.29) is 12.8 Å². The number of aromatic nitrogens is 1. The van der Waals surface area contributed by atoms with Crippen molar-refractivity contribution in [3.05, 3.63) is 29.3 Å². The Labute approximate surface area is 156 Å². The minimum Gasteiger partial charge on any atom is -0.444 e. The van der Waals surface area contributed by atoms with Gasteiger partial charge in [0, 0.05) is 18.2 Å². The summed E-state index contributed by atoms with van der Waals surface area (Å²) < 4.78 is 20.5. The van der Waals surface area contributed by atoms with Gasteiger partial charge in [-0.3, -0.25) is 0 Å². The van der Waals surface area contributed by atoms with Crippen LogP contribution >= 0.6 is 11.3 Å². The average Bonchev–Trinajstić information content (AvgIpc) is 3.01. The summed E-state index contributed by atoms with van der Waals surface area (Å²) >= 11 is 1.51. The number of likely N-dealkylation sites (tertiary alicyclic amines) is 1. The van der Waals surface area contributed by atoms with E-state index in [0.717, 1.165) is 10.2 Å². The smallest absolute Gasteiger partial charge is 0.410 e. The molecule has 2 aromatic rings. The topological polar surface area (TPSA) is 62.7 Å². The summed E-state index contributed by atoms with van der Waals surface area (Å²) in [5.74, 6) is 0. The molecule has 0 bridgehead atoms. The minimum absolute atomic E-state index is 0.212. The van der Waals surface area contributed by atoms with Crippen molar-refractivity contribution >= 4 is 27.6 Å². The number of thiazole rings is 1. The summed E-state index contributed by atoms with van der Waals surface area (Å²) in [6.07, 6.45) is -1.47. The predicted octanol–water partition coefficient (Wildman–Crippen LogP) is 4.46. The maximum absolute atomic E-state index is 14.0. The van der Waals surface area contributed by atoms with E-state index in [9.17, 15) is 14.3 Å². The lowest BCUT2D eigenvalue weighted by Crippen LogP contribution is -2.49. The van der Waals surface area contributed by atoms with E-state index < -0.39 is 30.0 Å². The molecule has 1 aromatic carbocycles. The summed E-state index contributed by atoms with van der Waals surface area (Å²) in [6.45, 7) is 5.72. The van der Waals surface area contributed by atoms with E-state index in [1.165, 1.54) is 11.3 Å². The summed E-state index contributed by atoms with van der Waals surface area (Å²) in [5.41, 5.74) is 2.61. The SMILES string of the molecule is CC(C)(C)OC(=O)N1CC[C@H](F)C[C@H]1C[C@H](O)c1cccc2scnc12. The molecule has 1 aliphatic rings. The minimum atomic E-state index is -0.971. The van der Waals surface area contributed by atoms with Gasteiger partial charge in [0.1, 0.15) is 11.8 Å². The summed E-state index contributed by atoms with van der Waals surface area (Å²) in [6, 6.07) is 5.26. The van der Waals surface area contributed by atoms with Crippen LogP contribution < -0.4 is 0 Å². The van der Waals surface area contributed by atoms with Gasteiger partial charge in [-0.1, -0.05) is 12.1 Å². The first-order valence-corrected chi connectivity index (χ1v) is 9.76. The molecule has 26 heavy (non-hydrogen) atoms. The van der Waals surface area contributed by atoms with Gasteiger partial charge in [-0.05, 0) is 46.1 Å². The summed E-state index contributed by atoms with van der Waals surface area (Å²) in [7, 11) is 0.